The Morgan fingerprint density at radius 1 is 1.50 bits per heavy atom. The third-order valence-corrected chi connectivity index (χ3v) is 4.13. The molecule has 0 aliphatic carbocycles. The van der Waals surface area contributed by atoms with Crippen LogP contribution < -0.4 is 5.76 Å². The second kappa shape index (κ2) is 3.23. The van der Waals surface area contributed by atoms with Crippen molar-refractivity contribution in [2.75, 3.05) is 11.5 Å². The van der Waals surface area contributed by atoms with E-state index in [-0.39, 0.29) is 17.4 Å². The highest BCUT2D eigenvalue weighted by Gasteiger charge is 2.28. The van der Waals surface area contributed by atoms with Crippen LogP contribution >= 0.6 is 0 Å². The second-order valence-corrected chi connectivity index (χ2v) is 5.66. The van der Waals surface area contributed by atoms with Crippen LogP contribution in [0.1, 0.15) is 24.6 Å². The molecule has 6 nitrogen and oxygen atoms in total. The average molecular weight is 218 g/mol. The third-order valence-electron chi connectivity index (χ3n) is 2.31. The van der Waals surface area contributed by atoms with Crippen molar-refractivity contribution in [2.24, 2.45) is 0 Å². The maximum Gasteiger partial charge on any atom is 0.438 e. The number of sulfone groups is 1. The van der Waals surface area contributed by atoms with E-state index in [0.717, 1.165) is 6.42 Å². The van der Waals surface area contributed by atoms with Gasteiger partial charge in [-0.15, -0.1) is 0 Å². The number of hydrogen-bond donors (Lipinski definition) is 1. The van der Waals surface area contributed by atoms with Gasteiger partial charge >= 0.3 is 5.76 Å². The summed E-state index contributed by atoms with van der Waals surface area (Å²) in [5, 5.41) is 3.50. The highest BCUT2D eigenvalue weighted by Crippen LogP contribution is 2.24. The van der Waals surface area contributed by atoms with Crippen LogP contribution in [-0.2, 0) is 9.84 Å². The van der Waals surface area contributed by atoms with Crippen LogP contribution in [0, 0.1) is 0 Å². The Bertz CT molecular complexity index is 472. The standard InChI is InChI=1S/C7H10N2O4S/c10-7-8-6(9-13-7)5-2-1-3-14(11,12)4-5/h5H,1-4H2,(H,8,9,10). The van der Waals surface area contributed by atoms with E-state index in [2.05, 4.69) is 14.7 Å². The summed E-state index contributed by atoms with van der Waals surface area (Å²) >= 11 is 0. The fraction of sp³-hybridized carbons (Fsp3) is 0.714. The fourth-order valence-corrected chi connectivity index (χ4v) is 3.37. The molecule has 7 heteroatoms. The molecule has 2 heterocycles. The van der Waals surface area contributed by atoms with Crippen LogP contribution in [0.25, 0.3) is 0 Å². The largest absolute Gasteiger partial charge is 0.438 e. The van der Waals surface area contributed by atoms with Gasteiger partial charge in [-0.25, -0.2) is 13.2 Å². The molecule has 1 aliphatic heterocycles. The summed E-state index contributed by atoms with van der Waals surface area (Å²) in [5.41, 5.74) is 0. The minimum absolute atomic E-state index is 0.0511. The summed E-state index contributed by atoms with van der Waals surface area (Å²) in [6.45, 7) is 0. The van der Waals surface area contributed by atoms with Crippen LogP contribution in [0.2, 0.25) is 0 Å². The molecule has 0 radical (unpaired) electrons. The number of H-pyrrole nitrogens is 1. The zero-order valence-electron chi connectivity index (χ0n) is 7.39. The summed E-state index contributed by atoms with van der Waals surface area (Å²) in [7, 11) is -2.97. The van der Waals surface area contributed by atoms with Crippen molar-refractivity contribution in [3.05, 3.63) is 16.4 Å². The van der Waals surface area contributed by atoms with Crippen molar-refractivity contribution >= 4 is 9.84 Å². The number of aromatic amines is 1. The van der Waals surface area contributed by atoms with E-state index < -0.39 is 15.6 Å². The molecule has 1 fully saturated rings. The molecule has 0 aromatic carbocycles. The Morgan fingerprint density at radius 3 is 2.86 bits per heavy atom. The lowest BCUT2D eigenvalue weighted by atomic mass is 10.1. The van der Waals surface area contributed by atoms with Crippen molar-refractivity contribution in [1.29, 1.82) is 0 Å². The lowest BCUT2D eigenvalue weighted by Gasteiger charge is -2.18. The Labute approximate surface area is 80.2 Å². The summed E-state index contributed by atoms with van der Waals surface area (Å²) in [6, 6.07) is 0. The lowest BCUT2D eigenvalue weighted by molar-refractivity contribution is 0.376. The van der Waals surface area contributed by atoms with Crippen molar-refractivity contribution in [3.63, 3.8) is 0 Å². The first-order chi connectivity index (χ1) is 6.57. The van der Waals surface area contributed by atoms with E-state index in [1.165, 1.54) is 0 Å². The molecule has 2 rings (SSSR count). The molecule has 0 bridgehead atoms. The molecule has 1 aliphatic rings. The molecule has 1 aromatic rings. The van der Waals surface area contributed by atoms with Gasteiger partial charge in [0.05, 0.1) is 11.5 Å². The van der Waals surface area contributed by atoms with Crippen LogP contribution in [0.3, 0.4) is 0 Å². The average Bonchev–Trinajstić information content (AvgIpc) is 2.50. The van der Waals surface area contributed by atoms with Gasteiger partial charge < -0.3 is 0 Å². The molecule has 0 spiro atoms. The highest BCUT2D eigenvalue weighted by atomic mass is 32.2. The van der Waals surface area contributed by atoms with Gasteiger partial charge in [0.15, 0.2) is 15.7 Å². The summed E-state index contributed by atoms with van der Waals surface area (Å²) in [4.78, 5) is 13.0. The minimum Gasteiger partial charge on any atom is -0.296 e. The van der Waals surface area contributed by atoms with E-state index in [0.29, 0.717) is 12.2 Å². The van der Waals surface area contributed by atoms with E-state index in [9.17, 15) is 13.2 Å². The first kappa shape index (κ1) is 9.45. The summed E-state index contributed by atoms with van der Waals surface area (Å²) < 4.78 is 26.9. The number of aromatic nitrogens is 2. The monoisotopic (exact) mass is 218 g/mol. The van der Waals surface area contributed by atoms with E-state index in [1.54, 1.807) is 0 Å². The normalized spacial score (nSPS) is 26.1. The Kier molecular flexibility index (Phi) is 2.18. The topological polar surface area (TPSA) is 93.0 Å². The molecular weight excluding hydrogens is 208 g/mol. The Balaban J connectivity index is 2.24. The van der Waals surface area contributed by atoms with Gasteiger partial charge in [-0.05, 0) is 12.8 Å². The zero-order valence-corrected chi connectivity index (χ0v) is 8.21. The van der Waals surface area contributed by atoms with Crippen molar-refractivity contribution in [2.45, 2.75) is 18.8 Å². The van der Waals surface area contributed by atoms with Crippen molar-refractivity contribution in [3.8, 4) is 0 Å². The maximum atomic E-state index is 11.3. The van der Waals surface area contributed by atoms with Gasteiger partial charge in [-0.3, -0.25) is 9.51 Å². The van der Waals surface area contributed by atoms with Gasteiger partial charge in [0.25, 0.3) is 0 Å². The first-order valence-corrected chi connectivity index (χ1v) is 6.15. The number of rotatable bonds is 1. The molecule has 1 N–H and O–H groups in total. The molecule has 1 saturated heterocycles. The molecule has 14 heavy (non-hydrogen) atoms. The second-order valence-electron chi connectivity index (χ2n) is 3.43. The predicted octanol–water partition coefficient (Wildman–Crippen LogP) is -0.345. The van der Waals surface area contributed by atoms with Gasteiger partial charge in [-0.1, -0.05) is 5.16 Å². The van der Waals surface area contributed by atoms with Gasteiger partial charge in [0.1, 0.15) is 0 Å². The van der Waals surface area contributed by atoms with Crippen LogP contribution in [0.15, 0.2) is 9.32 Å². The van der Waals surface area contributed by atoms with E-state index in [4.69, 9.17) is 0 Å². The zero-order chi connectivity index (χ0) is 10.2. The first-order valence-electron chi connectivity index (χ1n) is 4.33. The number of hydrogen-bond acceptors (Lipinski definition) is 5. The number of nitrogens with one attached hydrogen (secondary N) is 1. The minimum atomic E-state index is -2.97. The van der Waals surface area contributed by atoms with Crippen molar-refractivity contribution < 1.29 is 12.9 Å². The highest BCUT2D eigenvalue weighted by molar-refractivity contribution is 7.91. The predicted molar refractivity (Wildman–Crippen MR) is 47.8 cm³/mol. The molecule has 1 aromatic heterocycles. The quantitative estimate of drug-likeness (QED) is 0.695. The van der Waals surface area contributed by atoms with Gasteiger partial charge in [0.2, 0.25) is 0 Å². The van der Waals surface area contributed by atoms with Gasteiger partial charge in [-0.2, -0.15) is 0 Å². The molecule has 1 atom stereocenters. The molecule has 0 amide bonds. The SMILES string of the molecule is O=c1[nH]c(C2CCCS(=O)(=O)C2)no1. The number of nitrogens with zero attached hydrogens (tertiary/aromatic N) is 1. The Morgan fingerprint density at radius 2 is 2.29 bits per heavy atom. The van der Waals surface area contributed by atoms with E-state index in [1.807, 2.05) is 0 Å². The maximum absolute atomic E-state index is 11.3. The van der Waals surface area contributed by atoms with Gasteiger partial charge in [0, 0.05) is 5.92 Å². The molecular formula is C7H10N2O4S. The van der Waals surface area contributed by atoms with Crippen LogP contribution in [0.5, 0.6) is 0 Å². The molecule has 1 unspecified atom stereocenters. The fourth-order valence-electron chi connectivity index (χ4n) is 1.66. The smallest absolute Gasteiger partial charge is 0.296 e. The van der Waals surface area contributed by atoms with Crippen LogP contribution in [0.4, 0.5) is 0 Å². The Hall–Kier alpha value is -1.11. The summed E-state index contributed by atoms with van der Waals surface area (Å²) in [6.07, 6.45) is 1.34. The third kappa shape index (κ3) is 1.87. The molecule has 0 saturated carbocycles. The van der Waals surface area contributed by atoms with E-state index >= 15 is 0 Å². The summed E-state index contributed by atoms with van der Waals surface area (Å²) in [5.74, 6) is -0.234. The lowest BCUT2D eigenvalue weighted by Crippen LogP contribution is -2.24. The molecule has 78 valence electrons. The van der Waals surface area contributed by atoms with Crippen LogP contribution in [-0.4, -0.2) is 30.1 Å². The van der Waals surface area contributed by atoms with Crippen molar-refractivity contribution in [1.82, 2.24) is 10.1 Å².